The van der Waals surface area contributed by atoms with Gasteiger partial charge in [0.2, 0.25) is 0 Å². The summed E-state index contributed by atoms with van der Waals surface area (Å²) in [6.07, 6.45) is 1.96. The fourth-order valence-corrected chi connectivity index (χ4v) is 4.26. The second-order valence-electron chi connectivity index (χ2n) is 7.84. The maximum absolute atomic E-state index is 14.2. The average molecular weight is 408 g/mol. The first-order valence-electron chi connectivity index (χ1n) is 9.75. The number of fused-ring (bicyclic) bond motifs is 3. The lowest BCUT2D eigenvalue weighted by atomic mass is 9.99. The summed E-state index contributed by atoms with van der Waals surface area (Å²) in [7, 11) is 0. The van der Waals surface area contributed by atoms with E-state index in [1.54, 1.807) is 4.68 Å². The highest BCUT2D eigenvalue weighted by molar-refractivity contribution is 5.97. The van der Waals surface area contributed by atoms with Gasteiger partial charge in [-0.15, -0.1) is 5.10 Å². The maximum atomic E-state index is 14.2. The second kappa shape index (κ2) is 7.12. The van der Waals surface area contributed by atoms with Crippen molar-refractivity contribution in [2.45, 2.75) is 31.3 Å². The molecular weight excluding hydrogens is 390 g/mol. The Balaban J connectivity index is 1.32. The molecule has 0 radical (unpaired) electrons. The van der Waals surface area contributed by atoms with Crippen LogP contribution >= 0.6 is 0 Å². The minimum Gasteiger partial charge on any atom is -0.340 e. The Morgan fingerprint density at radius 1 is 1.20 bits per heavy atom. The van der Waals surface area contributed by atoms with Crippen LogP contribution < -0.4 is 5.32 Å². The zero-order valence-corrected chi connectivity index (χ0v) is 15.9. The summed E-state index contributed by atoms with van der Waals surface area (Å²) in [5, 5.41) is 10.6. The van der Waals surface area contributed by atoms with Crippen molar-refractivity contribution in [2.75, 3.05) is 0 Å². The average Bonchev–Trinajstić information content (AvgIpc) is 3.39. The van der Waals surface area contributed by atoms with E-state index < -0.39 is 23.6 Å². The highest BCUT2D eigenvalue weighted by atomic mass is 19.1. The van der Waals surface area contributed by atoms with Gasteiger partial charge >= 0.3 is 0 Å². The Labute approximate surface area is 170 Å². The highest BCUT2D eigenvalue weighted by Gasteiger charge is 2.51. The second-order valence-corrected chi connectivity index (χ2v) is 7.84. The van der Waals surface area contributed by atoms with Gasteiger partial charge in [-0.05, 0) is 41.0 Å². The molecule has 3 aromatic rings. The summed E-state index contributed by atoms with van der Waals surface area (Å²) < 4.78 is 29.4. The first-order valence-corrected chi connectivity index (χ1v) is 9.75. The molecule has 1 fully saturated rings. The van der Waals surface area contributed by atoms with Crippen LogP contribution in [0.2, 0.25) is 0 Å². The van der Waals surface area contributed by atoms with E-state index in [1.165, 1.54) is 12.3 Å². The molecule has 8 heteroatoms. The molecule has 30 heavy (non-hydrogen) atoms. The van der Waals surface area contributed by atoms with Crippen LogP contribution in [0.15, 0.2) is 48.7 Å². The van der Waals surface area contributed by atoms with Crippen LogP contribution in [-0.2, 0) is 17.8 Å². The first kappa shape index (κ1) is 18.6. The zero-order chi connectivity index (χ0) is 20.8. The van der Waals surface area contributed by atoms with Crippen molar-refractivity contribution in [1.29, 1.82) is 0 Å². The molecule has 0 unspecified atom stereocenters. The van der Waals surface area contributed by atoms with E-state index in [4.69, 9.17) is 0 Å². The number of carbonyl (C=O) groups excluding carboxylic acids is 2. The molecule has 2 aliphatic carbocycles. The standard InChI is InChI=1S/C22H18F2N4O2/c23-13-6-14-15-8-17(15)21(20(29)9-16(14)18(24)7-13)25-22(30)19-11-28(27-26-19)10-12-4-2-1-3-5-12/h1-7,11,15,17,21H,8-10H2,(H,25,30)/t15-,17-,21-/m1/s1. The van der Waals surface area contributed by atoms with Gasteiger partial charge < -0.3 is 5.32 Å². The quantitative estimate of drug-likeness (QED) is 0.720. The van der Waals surface area contributed by atoms with E-state index >= 15 is 0 Å². The van der Waals surface area contributed by atoms with E-state index in [0.29, 0.717) is 18.5 Å². The number of nitrogens with one attached hydrogen (secondary N) is 1. The molecule has 1 aromatic heterocycles. The molecule has 0 aliphatic heterocycles. The van der Waals surface area contributed by atoms with Crippen molar-refractivity contribution in [3.63, 3.8) is 0 Å². The molecule has 3 atom stereocenters. The van der Waals surface area contributed by atoms with E-state index in [9.17, 15) is 18.4 Å². The smallest absolute Gasteiger partial charge is 0.274 e. The predicted octanol–water partition coefficient (Wildman–Crippen LogP) is 2.63. The Kier molecular flexibility index (Phi) is 4.42. The SMILES string of the molecule is O=C(N[C@H]1C(=O)Cc2c(F)cc(F)cc2[C@H]2C[C@H]21)c1cn(Cc2ccccc2)nn1. The molecule has 1 amide bonds. The van der Waals surface area contributed by atoms with Crippen LogP contribution in [0.5, 0.6) is 0 Å². The van der Waals surface area contributed by atoms with Crippen molar-refractivity contribution in [3.8, 4) is 0 Å². The monoisotopic (exact) mass is 408 g/mol. The van der Waals surface area contributed by atoms with E-state index in [2.05, 4.69) is 15.6 Å². The highest BCUT2D eigenvalue weighted by Crippen LogP contribution is 2.53. The Bertz CT molecular complexity index is 1150. The van der Waals surface area contributed by atoms with Gasteiger partial charge in [0.1, 0.15) is 11.6 Å². The largest absolute Gasteiger partial charge is 0.340 e. The predicted molar refractivity (Wildman–Crippen MR) is 103 cm³/mol. The number of halogens is 2. The van der Waals surface area contributed by atoms with Crippen molar-refractivity contribution < 1.29 is 18.4 Å². The molecule has 1 N–H and O–H groups in total. The molecule has 0 bridgehead atoms. The zero-order valence-electron chi connectivity index (χ0n) is 15.9. The van der Waals surface area contributed by atoms with Crippen molar-refractivity contribution in [1.82, 2.24) is 20.3 Å². The molecule has 5 rings (SSSR count). The Morgan fingerprint density at radius 3 is 2.80 bits per heavy atom. The lowest BCUT2D eigenvalue weighted by Crippen LogP contribution is -2.43. The Morgan fingerprint density at radius 2 is 2.00 bits per heavy atom. The first-order chi connectivity index (χ1) is 14.5. The van der Waals surface area contributed by atoms with Crippen LogP contribution in [0.4, 0.5) is 8.78 Å². The third-order valence-electron chi connectivity index (χ3n) is 5.81. The van der Waals surface area contributed by atoms with Crippen molar-refractivity contribution in [3.05, 3.63) is 82.7 Å². The number of rotatable bonds is 4. The molecule has 6 nitrogen and oxygen atoms in total. The third-order valence-corrected chi connectivity index (χ3v) is 5.81. The molecule has 0 spiro atoms. The van der Waals surface area contributed by atoms with Gasteiger partial charge in [-0.1, -0.05) is 35.5 Å². The van der Waals surface area contributed by atoms with Gasteiger partial charge in [-0.25, -0.2) is 13.5 Å². The number of ketones is 1. The maximum Gasteiger partial charge on any atom is 0.274 e. The lowest BCUT2D eigenvalue weighted by Gasteiger charge is -2.15. The normalized spacial score (nSPS) is 22.1. The summed E-state index contributed by atoms with van der Waals surface area (Å²) in [5.41, 5.74) is 1.90. The van der Waals surface area contributed by atoms with Crippen LogP contribution in [0, 0.1) is 17.6 Å². The summed E-state index contributed by atoms with van der Waals surface area (Å²) in [5.74, 6) is -2.44. The molecular formula is C22H18F2N4O2. The number of Topliss-reactive ketones (excluding diaryl/α,β-unsaturated/α-hetero) is 1. The van der Waals surface area contributed by atoms with Crippen LogP contribution in [-0.4, -0.2) is 32.7 Å². The fraction of sp³-hybridized carbons (Fsp3) is 0.273. The van der Waals surface area contributed by atoms with E-state index in [0.717, 1.165) is 11.6 Å². The number of amides is 1. The number of benzene rings is 2. The van der Waals surface area contributed by atoms with Crippen LogP contribution in [0.1, 0.15) is 39.5 Å². The van der Waals surface area contributed by atoms with Gasteiger partial charge in [0.05, 0.1) is 18.8 Å². The Hall–Kier alpha value is -3.42. The molecule has 152 valence electrons. The van der Waals surface area contributed by atoms with E-state index in [1.807, 2.05) is 30.3 Å². The topological polar surface area (TPSA) is 76.9 Å². The van der Waals surface area contributed by atoms with Crippen molar-refractivity contribution >= 4 is 11.7 Å². The minimum atomic E-state index is -0.753. The number of aromatic nitrogens is 3. The van der Waals surface area contributed by atoms with Gasteiger partial charge in [0, 0.05) is 12.5 Å². The van der Waals surface area contributed by atoms with Gasteiger partial charge in [0.25, 0.3) is 5.91 Å². The fourth-order valence-electron chi connectivity index (χ4n) is 4.26. The van der Waals surface area contributed by atoms with Gasteiger partial charge in [-0.3, -0.25) is 9.59 Å². The van der Waals surface area contributed by atoms with Gasteiger partial charge in [0.15, 0.2) is 11.5 Å². The summed E-state index contributed by atoms with van der Waals surface area (Å²) in [6, 6.07) is 11.0. The van der Waals surface area contributed by atoms with Gasteiger partial charge in [-0.2, -0.15) is 0 Å². The summed E-state index contributed by atoms with van der Waals surface area (Å²) in [4.78, 5) is 25.4. The summed E-state index contributed by atoms with van der Waals surface area (Å²) in [6.45, 7) is 0.467. The molecule has 1 heterocycles. The number of hydrogen-bond donors (Lipinski definition) is 1. The molecule has 2 aromatic carbocycles. The number of hydrogen-bond acceptors (Lipinski definition) is 4. The molecule has 2 aliphatic rings. The van der Waals surface area contributed by atoms with Crippen LogP contribution in [0.3, 0.4) is 0 Å². The third kappa shape index (κ3) is 3.38. The van der Waals surface area contributed by atoms with Crippen molar-refractivity contribution in [2.24, 2.45) is 5.92 Å². The molecule has 1 saturated carbocycles. The minimum absolute atomic E-state index is 0.106. The number of nitrogens with zero attached hydrogens (tertiary/aromatic N) is 3. The number of carbonyl (C=O) groups is 2. The lowest BCUT2D eigenvalue weighted by molar-refractivity contribution is -0.120. The van der Waals surface area contributed by atoms with E-state index in [-0.39, 0.29) is 35.3 Å². The van der Waals surface area contributed by atoms with Crippen LogP contribution in [0.25, 0.3) is 0 Å². The molecule has 0 saturated heterocycles. The summed E-state index contributed by atoms with van der Waals surface area (Å²) >= 11 is 0.